The zero-order valence-electron chi connectivity index (χ0n) is 19.9. The first-order valence-electron chi connectivity index (χ1n) is 11.8. The summed E-state index contributed by atoms with van der Waals surface area (Å²) < 4.78 is 0. The molecule has 1 aromatic carbocycles. The summed E-state index contributed by atoms with van der Waals surface area (Å²) in [7, 11) is 1.84. The van der Waals surface area contributed by atoms with Gasteiger partial charge in [0.15, 0.2) is 5.96 Å². The summed E-state index contributed by atoms with van der Waals surface area (Å²) in [6.45, 7) is 10.4. The molecule has 1 heterocycles. The first kappa shape index (κ1) is 25.9. The summed E-state index contributed by atoms with van der Waals surface area (Å²) in [5.41, 5.74) is 2.82. The number of halogens is 1. The van der Waals surface area contributed by atoms with Crippen LogP contribution in [0.4, 0.5) is 0 Å². The second-order valence-electron chi connectivity index (χ2n) is 9.24. The van der Waals surface area contributed by atoms with Crippen molar-refractivity contribution in [2.24, 2.45) is 10.9 Å². The minimum atomic E-state index is 0. The lowest BCUT2D eigenvalue weighted by atomic mass is 9.98. The van der Waals surface area contributed by atoms with Crippen LogP contribution in [0.3, 0.4) is 0 Å². The molecule has 5 nitrogen and oxygen atoms in total. The Morgan fingerprint density at radius 3 is 2.23 bits per heavy atom. The standard InChI is InChI=1S/C25H40N4O.HI/c1-6-18(7-2)24(30)29-14-12-21(13-15-29)27-25(26-5)28-23-16-22(23)20-10-8-19(9-11-20)17(3)4;/h8-11,17-18,21-23H,6-7,12-16H2,1-5H3,(H2,26,27,28);1H. The van der Waals surface area contributed by atoms with E-state index >= 15 is 0 Å². The number of rotatable bonds is 7. The highest BCUT2D eigenvalue weighted by Crippen LogP contribution is 2.41. The van der Waals surface area contributed by atoms with Crippen molar-refractivity contribution in [3.8, 4) is 0 Å². The minimum absolute atomic E-state index is 0. The van der Waals surface area contributed by atoms with Crippen LogP contribution >= 0.6 is 24.0 Å². The topological polar surface area (TPSA) is 56.7 Å². The molecular weight excluding hydrogens is 499 g/mol. The molecule has 2 N–H and O–H groups in total. The van der Waals surface area contributed by atoms with Crippen LogP contribution in [0.2, 0.25) is 0 Å². The van der Waals surface area contributed by atoms with Crippen molar-refractivity contribution < 1.29 is 4.79 Å². The number of likely N-dealkylation sites (tertiary alicyclic amines) is 1. The fourth-order valence-corrected chi connectivity index (χ4v) is 4.53. The number of nitrogens with zero attached hydrogens (tertiary/aromatic N) is 2. The summed E-state index contributed by atoms with van der Waals surface area (Å²) in [6.07, 6.45) is 5.00. The SMILES string of the molecule is CCC(CC)C(=O)N1CCC(NC(=NC)NC2CC2c2ccc(C(C)C)cc2)CC1.I. The third-order valence-corrected chi connectivity index (χ3v) is 6.85. The number of carbonyl (C=O) groups is 1. The zero-order valence-corrected chi connectivity index (χ0v) is 22.2. The number of amides is 1. The number of carbonyl (C=O) groups excluding carboxylic acids is 1. The molecule has 2 unspecified atom stereocenters. The number of piperidine rings is 1. The van der Waals surface area contributed by atoms with Crippen molar-refractivity contribution in [2.75, 3.05) is 20.1 Å². The molecule has 2 aliphatic rings. The second-order valence-corrected chi connectivity index (χ2v) is 9.24. The Hall–Kier alpha value is -1.31. The lowest BCUT2D eigenvalue weighted by molar-refractivity contribution is -0.136. The van der Waals surface area contributed by atoms with Gasteiger partial charge in [0.1, 0.15) is 0 Å². The van der Waals surface area contributed by atoms with Crippen LogP contribution in [0, 0.1) is 5.92 Å². The average molecular weight is 541 g/mol. The van der Waals surface area contributed by atoms with E-state index in [2.05, 4.69) is 72.5 Å². The van der Waals surface area contributed by atoms with Gasteiger partial charge >= 0.3 is 0 Å². The lowest BCUT2D eigenvalue weighted by Gasteiger charge is -2.35. The van der Waals surface area contributed by atoms with Gasteiger partial charge in [-0.05, 0) is 49.1 Å². The Labute approximate surface area is 205 Å². The van der Waals surface area contributed by atoms with E-state index in [1.54, 1.807) is 0 Å². The van der Waals surface area contributed by atoms with E-state index in [1.807, 2.05) is 7.05 Å². The van der Waals surface area contributed by atoms with Gasteiger partial charge in [0, 0.05) is 44.1 Å². The fourth-order valence-electron chi connectivity index (χ4n) is 4.53. The van der Waals surface area contributed by atoms with Gasteiger partial charge in [-0.25, -0.2) is 0 Å². The Bertz CT molecular complexity index is 722. The van der Waals surface area contributed by atoms with Crippen LogP contribution in [0.15, 0.2) is 29.3 Å². The van der Waals surface area contributed by atoms with Crippen LogP contribution in [0.5, 0.6) is 0 Å². The van der Waals surface area contributed by atoms with Gasteiger partial charge in [0.05, 0.1) is 0 Å². The van der Waals surface area contributed by atoms with Crippen LogP contribution in [-0.4, -0.2) is 49.0 Å². The third kappa shape index (κ3) is 6.83. The van der Waals surface area contributed by atoms with Crippen molar-refractivity contribution in [1.82, 2.24) is 15.5 Å². The maximum Gasteiger partial charge on any atom is 0.225 e. The quantitative estimate of drug-likeness (QED) is 0.295. The predicted octanol–water partition coefficient (Wildman–Crippen LogP) is 4.88. The van der Waals surface area contributed by atoms with Gasteiger partial charge in [-0.15, -0.1) is 24.0 Å². The van der Waals surface area contributed by atoms with Crippen molar-refractivity contribution >= 4 is 35.8 Å². The third-order valence-electron chi connectivity index (χ3n) is 6.85. The van der Waals surface area contributed by atoms with Crippen LogP contribution < -0.4 is 10.6 Å². The van der Waals surface area contributed by atoms with Crippen LogP contribution in [0.1, 0.15) is 82.8 Å². The van der Waals surface area contributed by atoms with Crippen molar-refractivity contribution in [1.29, 1.82) is 0 Å². The second kappa shape index (κ2) is 12.1. The molecule has 0 spiro atoms. The summed E-state index contributed by atoms with van der Waals surface area (Å²) in [6, 6.07) is 9.93. The molecule has 1 aromatic rings. The Morgan fingerprint density at radius 1 is 1.10 bits per heavy atom. The van der Waals surface area contributed by atoms with Gasteiger partial charge in [-0.2, -0.15) is 0 Å². The van der Waals surface area contributed by atoms with E-state index in [0.29, 0.717) is 29.8 Å². The van der Waals surface area contributed by atoms with E-state index in [9.17, 15) is 4.79 Å². The van der Waals surface area contributed by atoms with Crippen molar-refractivity contribution in [3.63, 3.8) is 0 Å². The summed E-state index contributed by atoms with van der Waals surface area (Å²) in [4.78, 5) is 19.1. The highest BCUT2D eigenvalue weighted by Gasteiger charge is 2.39. The molecule has 1 saturated heterocycles. The number of guanidine groups is 1. The smallest absolute Gasteiger partial charge is 0.225 e. The van der Waals surface area contributed by atoms with E-state index in [0.717, 1.165) is 51.2 Å². The molecule has 1 saturated carbocycles. The van der Waals surface area contributed by atoms with E-state index < -0.39 is 0 Å². The minimum Gasteiger partial charge on any atom is -0.354 e. The van der Waals surface area contributed by atoms with Crippen molar-refractivity contribution in [3.05, 3.63) is 35.4 Å². The molecule has 2 fully saturated rings. The summed E-state index contributed by atoms with van der Waals surface area (Å²) in [5.74, 6) is 2.57. The molecule has 3 rings (SSSR count). The molecular formula is C25H41IN4O. The Kier molecular flexibility index (Phi) is 10.1. The maximum atomic E-state index is 12.6. The largest absolute Gasteiger partial charge is 0.354 e. The van der Waals surface area contributed by atoms with Gasteiger partial charge in [-0.3, -0.25) is 9.79 Å². The molecule has 0 aromatic heterocycles. The lowest BCUT2D eigenvalue weighted by Crippen LogP contribution is -2.51. The molecule has 174 valence electrons. The maximum absolute atomic E-state index is 12.6. The van der Waals surface area contributed by atoms with Gasteiger partial charge in [-0.1, -0.05) is 52.0 Å². The summed E-state index contributed by atoms with van der Waals surface area (Å²) in [5, 5.41) is 7.19. The predicted molar refractivity (Wildman–Crippen MR) is 140 cm³/mol. The molecule has 2 atom stereocenters. The van der Waals surface area contributed by atoms with E-state index in [1.165, 1.54) is 11.1 Å². The van der Waals surface area contributed by atoms with E-state index in [4.69, 9.17) is 0 Å². The Balaban J connectivity index is 0.00000341. The van der Waals surface area contributed by atoms with Gasteiger partial charge in [0.2, 0.25) is 5.91 Å². The van der Waals surface area contributed by atoms with Gasteiger partial charge < -0.3 is 15.5 Å². The molecule has 0 radical (unpaired) electrons. The molecule has 6 heteroatoms. The average Bonchev–Trinajstić information content (AvgIpc) is 3.53. The van der Waals surface area contributed by atoms with Crippen LogP contribution in [0.25, 0.3) is 0 Å². The normalized spacial score (nSPS) is 21.8. The number of hydrogen-bond acceptors (Lipinski definition) is 2. The van der Waals surface area contributed by atoms with Gasteiger partial charge in [0.25, 0.3) is 0 Å². The first-order chi connectivity index (χ1) is 14.5. The number of hydrogen-bond donors (Lipinski definition) is 2. The molecule has 1 aliphatic carbocycles. The first-order valence-corrected chi connectivity index (χ1v) is 11.8. The number of nitrogens with one attached hydrogen (secondary N) is 2. The molecule has 31 heavy (non-hydrogen) atoms. The van der Waals surface area contributed by atoms with E-state index in [-0.39, 0.29) is 29.9 Å². The molecule has 1 aliphatic heterocycles. The van der Waals surface area contributed by atoms with Crippen LogP contribution in [-0.2, 0) is 4.79 Å². The highest BCUT2D eigenvalue weighted by molar-refractivity contribution is 14.0. The molecule has 0 bridgehead atoms. The highest BCUT2D eigenvalue weighted by atomic mass is 127. The number of benzene rings is 1. The monoisotopic (exact) mass is 540 g/mol. The zero-order chi connectivity index (χ0) is 21.7. The fraction of sp³-hybridized carbons (Fsp3) is 0.680. The molecule has 1 amide bonds. The van der Waals surface area contributed by atoms with Crippen molar-refractivity contribution in [2.45, 2.75) is 83.7 Å². The number of aliphatic imine (C=N–C) groups is 1. The summed E-state index contributed by atoms with van der Waals surface area (Å²) >= 11 is 0. The Morgan fingerprint density at radius 2 is 1.71 bits per heavy atom.